The van der Waals surface area contributed by atoms with Gasteiger partial charge in [0.2, 0.25) is 5.91 Å². The van der Waals surface area contributed by atoms with Gasteiger partial charge in [-0.25, -0.2) is 0 Å². The van der Waals surface area contributed by atoms with Gasteiger partial charge < -0.3 is 20.1 Å². The van der Waals surface area contributed by atoms with Crippen LogP contribution in [0.5, 0.6) is 0 Å². The SMILES string of the molecule is CCNC(=O)C1CNCCN1CC1CCOCO1. The van der Waals surface area contributed by atoms with Crippen LogP contribution in [0.1, 0.15) is 13.3 Å². The van der Waals surface area contributed by atoms with Crippen molar-refractivity contribution < 1.29 is 14.3 Å². The van der Waals surface area contributed by atoms with E-state index in [-0.39, 0.29) is 18.1 Å². The van der Waals surface area contributed by atoms with Crippen molar-refractivity contribution in [3.63, 3.8) is 0 Å². The van der Waals surface area contributed by atoms with Crippen molar-refractivity contribution in [3.05, 3.63) is 0 Å². The van der Waals surface area contributed by atoms with Gasteiger partial charge >= 0.3 is 0 Å². The Morgan fingerprint density at radius 1 is 1.56 bits per heavy atom. The molecule has 0 aromatic carbocycles. The maximum absolute atomic E-state index is 12.0. The van der Waals surface area contributed by atoms with Gasteiger partial charge in [-0.05, 0) is 13.3 Å². The highest BCUT2D eigenvalue weighted by Crippen LogP contribution is 2.11. The van der Waals surface area contributed by atoms with E-state index in [1.165, 1.54) is 0 Å². The van der Waals surface area contributed by atoms with E-state index in [9.17, 15) is 4.79 Å². The Hall–Kier alpha value is -0.690. The first kappa shape index (κ1) is 13.7. The lowest BCUT2D eigenvalue weighted by atomic mass is 10.1. The Balaban J connectivity index is 1.88. The molecule has 6 heteroatoms. The second-order valence-corrected chi connectivity index (χ2v) is 4.71. The van der Waals surface area contributed by atoms with E-state index < -0.39 is 0 Å². The normalized spacial score (nSPS) is 30.1. The number of nitrogens with zero attached hydrogens (tertiary/aromatic N) is 1. The van der Waals surface area contributed by atoms with Crippen LogP contribution in [-0.2, 0) is 14.3 Å². The van der Waals surface area contributed by atoms with Gasteiger partial charge in [-0.1, -0.05) is 0 Å². The van der Waals surface area contributed by atoms with Crippen LogP contribution < -0.4 is 10.6 Å². The first-order valence-corrected chi connectivity index (χ1v) is 6.73. The Bertz CT molecular complexity index is 269. The molecule has 2 fully saturated rings. The van der Waals surface area contributed by atoms with Crippen LogP contribution in [0, 0.1) is 0 Å². The standard InChI is InChI=1S/C12H23N3O3/c1-2-14-12(16)11-7-13-4-5-15(11)8-10-3-6-17-9-18-10/h10-11,13H,2-9H2,1H3,(H,14,16). The first-order valence-electron chi connectivity index (χ1n) is 6.73. The van der Waals surface area contributed by atoms with Crippen molar-refractivity contribution in [3.8, 4) is 0 Å². The summed E-state index contributed by atoms with van der Waals surface area (Å²) in [4.78, 5) is 14.2. The minimum absolute atomic E-state index is 0.0786. The van der Waals surface area contributed by atoms with E-state index in [0.29, 0.717) is 13.3 Å². The molecule has 2 aliphatic rings. The van der Waals surface area contributed by atoms with Gasteiger partial charge in [0.25, 0.3) is 0 Å². The zero-order chi connectivity index (χ0) is 12.8. The maximum Gasteiger partial charge on any atom is 0.238 e. The maximum atomic E-state index is 12.0. The Morgan fingerprint density at radius 2 is 2.44 bits per heavy atom. The van der Waals surface area contributed by atoms with E-state index in [1.807, 2.05) is 6.92 Å². The molecule has 2 aliphatic heterocycles. The van der Waals surface area contributed by atoms with Gasteiger partial charge in [0, 0.05) is 32.7 Å². The number of carbonyl (C=O) groups excluding carboxylic acids is 1. The van der Waals surface area contributed by atoms with E-state index >= 15 is 0 Å². The van der Waals surface area contributed by atoms with Gasteiger partial charge in [-0.3, -0.25) is 9.69 Å². The van der Waals surface area contributed by atoms with Gasteiger partial charge in [-0.15, -0.1) is 0 Å². The van der Waals surface area contributed by atoms with Crippen molar-refractivity contribution in [2.45, 2.75) is 25.5 Å². The zero-order valence-electron chi connectivity index (χ0n) is 11.0. The molecule has 0 saturated carbocycles. The summed E-state index contributed by atoms with van der Waals surface area (Å²) in [5.74, 6) is 0.108. The Kier molecular flexibility index (Phi) is 5.37. The molecule has 0 spiro atoms. The molecule has 2 saturated heterocycles. The number of hydrogen-bond acceptors (Lipinski definition) is 5. The summed E-state index contributed by atoms with van der Waals surface area (Å²) in [5, 5.41) is 6.17. The van der Waals surface area contributed by atoms with Crippen molar-refractivity contribution in [2.75, 3.05) is 46.1 Å². The molecule has 2 rings (SSSR count). The number of rotatable bonds is 4. The topological polar surface area (TPSA) is 62.8 Å². The van der Waals surface area contributed by atoms with Gasteiger partial charge in [0.1, 0.15) is 12.8 Å². The number of likely N-dealkylation sites (N-methyl/N-ethyl adjacent to an activating group) is 1. The summed E-state index contributed by atoms with van der Waals surface area (Å²) in [6.07, 6.45) is 1.10. The monoisotopic (exact) mass is 257 g/mol. The van der Waals surface area contributed by atoms with E-state index in [4.69, 9.17) is 9.47 Å². The minimum atomic E-state index is -0.0786. The molecule has 2 unspecified atom stereocenters. The van der Waals surface area contributed by atoms with E-state index in [1.54, 1.807) is 0 Å². The molecule has 0 bridgehead atoms. The highest BCUT2D eigenvalue weighted by atomic mass is 16.7. The average molecular weight is 257 g/mol. The van der Waals surface area contributed by atoms with Gasteiger partial charge in [0.15, 0.2) is 0 Å². The summed E-state index contributed by atoms with van der Waals surface area (Å²) in [5.41, 5.74) is 0. The molecule has 2 atom stereocenters. The van der Waals surface area contributed by atoms with E-state index in [0.717, 1.165) is 39.2 Å². The van der Waals surface area contributed by atoms with Crippen molar-refractivity contribution >= 4 is 5.91 Å². The number of nitrogens with one attached hydrogen (secondary N) is 2. The van der Waals surface area contributed by atoms with Crippen molar-refractivity contribution in [1.29, 1.82) is 0 Å². The lowest BCUT2D eigenvalue weighted by molar-refractivity contribution is -0.149. The van der Waals surface area contributed by atoms with Gasteiger partial charge in [-0.2, -0.15) is 0 Å². The largest absolute Gasteiger partial charge is 0.355 e. The Morgan fingerprint density at radius 3 is 3.17 bits per heavy atom. The highest BCUT2D eigenvalue weighted by Gasteiger charge is 2.30. The average Bonchev–Trinajstić information content (AvgIpc) is 2.41. The minimum Gasteiger partial charge on any atom is -0.355 e. The molecule has 0 aromatic heterocycles. The lowest BCUT2D eigenvalue weighted by Crippen LogP contribution is -2.59. The predicted molar refractivity (Wildman–Crippen MR) is 67.2 cm³/mol. The number of hydrogen-bond donors (Lipinski definition) is 2. The summed E-state index contributed by atoms with van der Waals surface area (Å²) in [6.45, 7) is 7.10. The molecular weight excluding hydrogens is 234 g/mol. The molecule has 2 N–H and O–H groups in total. The third-order valence-electron chi connectivity index (χ3n) is 3.42. The number of amides is 1. The molecule has 2 heterocycles. The second-order valence-electron chi connectivity index (χ2n) is 4.71. The second kappa shape index (κ2) is 7.04. The first-order chi connectivity index (χ1) is 8.81. The molecular formula is C12H23N3O3. The third kappa shape index (κ3) is 3.65. The number of ether oxygens (including phenoxy) is 2. The lowest BCUT2D eigenvalue weighted by Gasteiger charge is -2.37. The summed E-state index contributed by atoms with van der Waals surface area (Å²) >= 11 is 0. The van der Waals surface area contributed by atoms with Crippen LogP contribution in [0.4, 0.5) is 0 Å². The molecule has 18 heavy (non-hydrogen) atoms. The highest BCUT2D eigenvalue weighted by molar-refractivity contribution is 5.82. The van der Waals surface area contributed by atoms with Crippen molar-refractivity contribution in [2.24, 2.45) is 0 Å². The zero-order valence-corrected chi connectivity index (χ0v) is 11.0. The fraction of sp³-hybridized carbons (Fsp3) is 0.917. The van der Waals surface area contributed by atoms with Crippen LogP contribution in [0.3, 0.4) is 0 Å². The molecule has 0 aromatic rings. The van der Waals surface area contributed by atoms with Crippen molar-refractivity contribution in [1.82, 2.24) is 15.5 Å². The smallest absolute Gasteiger partial charge is 0.238 e. The Labute approximate surface area is 108 Å². The van der Waals surface area contributed by atoms with Crippen LogP contribution in [0.2, 0.25) is 0 Å². The number of piperazine rings is 1. The van der Waals surface area contributed by atoms with Crippen LogP contribution >= 0.6 is 0 Å². The van der Waals surface area contributed by atoms with Crippen LogP contribution in [0.25, 0.3) is 0 Å². The molecule has 0 radical (unpaired) electrons. The quantitative estimate of drug-likeness (QED) is 0.687. The van der Waals surface area contributed by atoms with Gasteiger partial charge in [0.05, 0.1) is 12.7 Å². The third-order valence-corrected chi connectivity index (χ3v) is 3.42. The molecule has 6 nitrogen and oxygen atoms in total. The molecule has 104 valence electrons. The fourth-order valence-corrected chi connectivity index (χ4v) is 2.42. The summed E-state index contributed by atoms with van der Waals surface area (Å²) in [7, 11) is 0. The van der Waals surface area contributed by atoms with E-state index in [2.05, 4.69) is 15.5 Å². The summed E-state index contributed by atoms with van der Waals surface area (Å²) in [6, 6.07) is -0.0786. The fourth-order valence-electron chi connectivity index (χ4n) is 2.42. The van der Waals surface area contributed by atoms with Crippen LogP contribution in [-0.4, -0.2) is 69.1 Å². The number of carbonyl (C=O) groups is 1. The summed E-state index contributed by atoms with van der Waals surface area (Å²) < 4.78 is 10.7. The molecule has 0 aliphatic carbocycles. The van der Waals surface area contributed by atoms with Crippen LogP contribution in [0.15, 0.2) is 0 Å². The molecule has 1 amide bonds. The predicted octanol–water partition coefficient (Wildman–Crippen LogP) is -0.841.